The van der Waals surface area contributed by atoms with Gasteiger partial charge in [0.15, 0.2) is 10.7 Å². The third kappa shape index (κ3) is 5.56. The first-order valence-corrected chi connectivity index (χ1v) is 14.1. The van der Waals surface area contributed by atoms with E-state index in [0.29, 0.717) is 23.7 Å². The Morgan fingerprint density at radius 3 is 2.44 bits per heavy atom. The van der Waals surface area contributed by atoms with E-state index in [0.717, 1.165) is 52.4 Å². The van der Waals surface area contributed by atoms with Crippen molar-refractivity contribution >= 4 is 16.8 Å². The molecule has 0 saturated heterocycles. The number of aromatic amines is 1. The van der Waals surface area contributed by atoms with Crippen LogP contribution in [0, 0.1) is 5.41 Å². The highest BCUT2D eigenvalue weighted by molar-refractivity contribution is 7.97. The van der Waals surface area contributed by atoms with Crippen LogP contribution in [0.2, 0.25) is 0 Å². The number of aromatic nitrogens is 2. The van der Waals surface area contributed by atoms with Gasteiger partial charge in [-0.1, -0.05) is 37.2 Å². The first-order valence-electron chi connectivity index (χ1n) is 12.5. The van der Waals surface area contributed by atoms with Gasteiger partial charge in [-0.15, -0.1) is 0 Å². The molecule has 6 nitrogen and oxygen atoms in total. The van der Waals surface area contributed by atoms with Crippen LogP contribution in [0.25, 0.3) is 22.5 Å². The van der Waals surface area contributed by atoms with Gasteiger partial charge in [-0.3, -0.25) is 9.51 Å². The van der Waals surface area contributed by atoms with E-state index in [1.165, 1.54) is 12.1 Å². The van der Waals surface area contributed by atoms with Crippen LogP contribution >= 0.6 is 0 Å². The molecule has 39 heavy (non-hydrogen) atoms. The highest BCUT2D eigenvalue weighted by Gasteiger charge is 2.39. The van der Waals surface area contributed by atoms with Gasteiger partial charge in [-0.25, -0.2) is 4.79 Å². The van der Waals surface area contributed by atoms with Crippen molar-refractivity contribution in [3.63, 3.8) is 0 Å². The molecule has 4 aromatic rings. The monoisotopic (exact) mass is 556 g/mol. The Bertz CT molecular complexity index is 1540. The lowest BCUT2D eigenvalue weighted by atomic mass is 9.81. The number of alkyl halides is 3. The van der Waals surface area contributed by atoms with Gasteiger partial charge in [-0.05, 0) is 71.8 Å². The fraction of sp³-hybridized carbons (Fsp3) is 0.310. The third-order valence-electron chi connectivity index (χ3n) is 6.75. The summed E-state index contributed by atoms with van der Waals surface area (Å²) in [6.07, 6.45) is -1.34. The van der Waals surface area contributed by atoms with Crippen LogP contribution in [0.3, 0.4) is 0 Å². The Labute approximate surface area is 227 Å². The van der Waals surface area contributed by atoms with Gasteiger partial charge in [0.2, 0.25) is 0 Å². The van der Waals surface area contributed by atoms with Crippen molar-refractivity contribution in [1.82, 2.24) is 10.1 Å². The lowest BCUT2D eigenvalue weighted by Crippen LogP contribution is -2.43. The summed E-state index contributed by atoms with van der Waals surface area (Å²) in [5, 5.41) is 3.81. The SMILES string of the molecule is CCOc1cc([S+](C)N2CC(C)(C)Cc3cc(-c4ccc(C(F)(F)F)cc4)ccc32)ccc1-c1noc(=O)[nH]1. The van der Waals surface area contributed by atoms with Crippen molar-refractivity contribution in [3.8, 4) is 28.3 Å². The first-order chi connectivity index (χ1) is 18.4. The van der Waals surface area contributed by atoms with Gasteiger partial charge in [0.1, 0.15) is 23.1 Å². The van der Waals surface area contributed by atoms with E-state index in [2.05, 4.69) is 51.2 Å². The van der Waals surface area contributed by atoms with Crippen molar-refractivity contribution in [2.45, 2.75) is 38.3 Å². The van der Waals surface area contributed by atoms with Gasteiger partial charge in [0.05, 0.1) is 30.0 Å². The highest BCUT2D eigenvalue weighted by Crippen LogP contribution is 2.42. The predicted molar refractivity (Wildman–Crippen MR) is 147 cm³/mol. The Hall–Kier alpha value is -3.66. The zero-order valence-electron chi connectivity index (χ0n) is 22.1. The number of fused-ring (bicyclic) bond motifs is 1. The number of nitrogens with one attached hydrogen (secondary N) is 1. The second-order valence-corrected chi connectivity index (χ2v) is 12.2. The standard InChI is InChI=1S/C29H28F3N3O3S/c1-5-37-25-15-22(11-12-23(25)26-33-27(36)38-34-26)39(4)35-17-28(2,3)16-20-14-19(8-13-24(20)35)18-6-9-21(10-7-18)29(30,31)32/h6-15H,5,16-17H2,1-4H3/p+1. The fourth-order valence-corrected chi connectivity index (χ4v) is 6.73. The summed E-state index contributed by atoms with van der Waals surface area (Å²) >= 11 is -0.353. The molecule has 1 atom stereocenters. The summed E-state index contributed by atoms with van der Waals surface area (Å²) < 4.78 is 52.1. The minimum atomic E-state index is -4.36. The van der Waals surface area contributed by atoms with Crippen LogP contribution in [0.5, 0.6) is 5.75 Å². The lowest BCUT2D eigenvalue weighted by Gasteiger charge is -2.38. The Balaban J connectivity index is 1.49. The molecule has 1 N–H and O–H groups in total. The number of halogens is 3. The van der Waals surface area contributed by atoms with E-state index >= 15 is 0 Å². The van der Waals surface area contributed by atoms with Crippen LogP contribution in [0.15, 0.2) is 74.9 Å². The molecule has 1 aromatic heterocycles. The molecule has 0 radical (unpaired) electrons. The summed E-state index contributed by atoms with van der Waals surface area (Å²) in [6.45, 7) is 7.62. The average Bonchev–Trinajstić information content (AvgIpc) is 3.32. The lowest BCUT2D eigenvalue weighted by molar-refractivity contribution is -0.137. The van der Waals surface area contributed by atoms with E-state index in [9.17, 15) is 18.0 Å². The van der Waals surface area contributed by atoms with Gasteiger partial charge in [0, 0.05) is 6.07 Å². The molecule has 0 spiro atoms. The number of H-pyrrole nitrogens is 1. The number of anilines is 1. The molecular formula is C29H29F3N3O3S+. The van der Waals surface area contributed by atoms with Crippen molar-refractivity contribution in [2.24, 2.45) is 5.41 Å². The van der Waals surface area contributed by atoms with Crippen LogP contribution in [0.1, 0.15) is 31.9 Å². The molecule has 2 heterocycles. The Morgan fingerprint density at radius 1 is 1.08 bits per heavy atom. The molecule has 1 unspecified atom stereocenters. The summed E-state index contributed by atoms with van der Waals surface area (Å²) in [6, 6.07) is 17.3. The number of rotatable bonds is 6. The van der Waals surface area contributed by atoms with Gasteiger partial charge in [0.25, 0.3) is 0 Å². The van der Waals surface area contributed by atoms with Crippen molar-refractivity contribution < 1.29 is 22.4 Å². The van der Waals surface area contributed by atoms with Gasteiger partial charge < -0.3 is 4.74 Å². The zero-order valence-corrected chi connectivity index (χ0v) is 22.9. The third-order valence-corrected chi connectivity index (χ3v) is 8.68. The molecule has 5 rings (SSSR count). The van der Waals surface area contributed by atoms with Gasteiger partial charge >= 0.3 is 11.9 Å². The van der Waals surface area contributed by atoms with Crippen LogP contribution in [-0.4, -0.2) is 29.5 Å². The molecule has 0 amide bonds. The predicted octanol–water partition coefficient (Wildman–Crippen LogP) is 6.73. The first kappa shape index (κ1) is 26.9. The second-order valence-electron chi connectivity index (χ2n) is 10.3. The molecule has 0 saturated carbocycles. The van der Waals surface area contributed by atoms with Crippen molar-refractivity contribution in [2.75, 3.05) is 23.7 Å². The van der Waals surface area contributed by atoms with E-state index in [1.54, 1.807) is 0 Å². The van der Waals surface area contributed by atoms with Crippen LogP contribution < -0.4 is 14.8 Å². The summed E-state index contributed by atoms with van der Waals surface area (Å²) in [4.78, 5) is 15.1. The minimum absolute atomic E-state index is 0.0179. The largest absolute Gasteiger partial charge is 0.493 e. The van der Waals surface area contributed by atoms with E-state index < -0.39 is 17.5 Å². The highest BCUT2D eigenvalue weighted by atomic mass is 32.2. The smallest absolute Gasteiger partial charge is 0.439 e. The fourth-order valence-electron chi connectivity index (χ4n) is 4.92. The van der Waals surface area contributed by atoms with Gasteiger partial charge in [-0.2, -0.15) is 17.5 Å². The van der Waals surface area contributed by atoms with Crippen molar-refractivity contribution in [3.05, 3.63) is 82.3 Å². The topological polar surface area (TPSA) is 71.4 Å². The normalized spacial score (nSPS) is 15.6. The molecule has 1 aliphatic heterocycles. The second kappa shape index (κ2) is 10.1. The number of benzene rings is 3. The Morgan fingerprint density at radius 2 is 1.79 bits per heavy atom. The van der Waals surface area contributed by atoms with E-state index in [-0.39, 0.29) is 16.5 Å². The molecule has 0 bridgehead atoms. The quantitative estimate of drug-likeness (QED) is 0.267. The number of ether oxygens (including phenoxy) is 1. The molecule has 1 aliphatic rings. The maximum Gasteiger partial charge on any atom is 0.439 e. The zero-order chi connectivity index (χ0) is 27.9. The van der Waals surface area contributed by atoms with E-state index in [4.69, 9.17) is 4.74 Å². The molecule has 204 valence electrons. The Kier molecular flexibility index (Phi) is 7.00. The summed E-state index contributed by atoms with van der Waals surface area (Å²) in [5.74, 6) is 0.286. The van der Waals surface area contributed by atoms with Crippen LogP contribution in [0.4, 0.5) is 18.9 Å². The molecule has 3 aromatic carbocycles. The number of hydrogen-bond donors (Lipinski definition) is 1. The molecule has 0 aliphatic carbocycles. The number of hydrogen-bond acceptors (Lipinski definition) is 5. The minimum Gasteiger partial charge on any atom is -0.493 e. The molecular weight excluding hydrogens is 527 g/mol. The summed E-state index contributed by atoms with van der Waals surface area (Å²) in [5.41, 5.74) is 3.88. The molecule has 10 heteroatoms. The average molecular weight is 557 g/mol. The summed E-state index contributed by atoms with van der Waals surface area (Å²) in [7, 11) is 0. The van der Waals surface area contributed by atoms with Crippen LogP contribution in [-0.2, 0) is 23.7 Å². The van der Waals surface area contributed by atoms with E-state index in [1.807, 2.05) is 31.2 Å². The van der Waals surface area contributed by atoms with Crippen molar-refractivity contribution in [1.29, 1.82) is 0 Å². The number of nitrogens with zero attached hydrogens (tertiary/aromatic N) is 2. The maximum atomic E-state index is 13.0. The molecule has 0 fully saturated rings. The maximum absolute atomic E-state index is 13.0.